The lowest BCUT2D eigenvalue weighted by Crippen LogP contribution is -2.13. The molecule has 0 radical (unpaired) electrons. The molecular weight excluding hydrogens is 282 g/mol. The zero-order chi connectivity index (χ0) is 13.8. The van der Waals surface area contributed by atoms with Gasteiger partial charge in [-0.3, -0.25) is 4.79 Å². The Morgan fingerprint density at radius 3 is 2.68 bits per heavy atom. The molecule has 0 unspecified atom stereocenters. The van der Waals surface area contributed by atoms with E-state index in [0.717, 1.165) is 4.90 Å². The molecule has 3 nitrogen and oxygen atoms in total. The van der Waals surface area contributed by atoms with E-state index in [2.05, 4.69) is 5.32 Å². The average molecular weight is 294 g/mol. The van der Waals surface area contributed by atoms with Gasteiger partial charge in [0, 0.05) is 11.0 Å². The van der Waals surface area contributed by atoms with Crippen LogP contribution in [0.25, 0.3) is 0 Å². The van der Waals surface area contributed by atoms with Crippen molar-refractivity contribution in [3.63, 3.8) is 0 Å². The molecule has 2 rings (SSSR count). The second kappa shape index (κ2) is 5.99. The number of carbonyl (C=O) groups is 1. The van der Waals surface area contributed by atoms with Gasteiger partial charge in [0.05, 0.1) is 16.3 Å². The first kappa shape index (κ1) is 13.8. The summed E-state index contributed by atoms with van der Waals surface area (Å²) >= 11 is 7.46. The van der Waals surface area contributed by atoms with Gasteiger partial charge in [-0.05, 0) is 30.5 Å². The fraction of sp³-hybridized carbons (Fsp3) is 0.0714. The number of anilines is 1. The van der Waals surface area contributed by atoms with Crippen LogP contribution in [0.1, 0.15) is 10.4 Å². The maximum Gasteiger partial charge on any atom is 0.256 e. The smallest absolute Gasteiger partial charge is 0.256 e. The van der Waals surface area contributed by atoms with Crippen LogP contribution in [0.15, 0.2) is 47.4 Å². The highest BCUT2D eigenvalue weighted by atomic mass is 35.5. The Labute approximate surface area is 120 Å². The van der Waals surface area contributed by atoms with Crippen LogP contribution in [0.2, 0.25) is 5.02 Å². The topological polar surface area (TPSA) is 49.3 Å². The fourth-order valence-electron chi connectivity index (χ4n) is 1.63. The number of thioether (sulfide) groups is 1. The first-order chi connectivity index (χ1) is 9.11. The lowest BCUT2D eigenvalue weighted by atomic mass is 10.2. The molecule has 0 atom stereocenters. The highest BCUT2D eigenvalue weighted by molar-refractivity contribution is 7.98. The zero-order valence-electron chi connectivity index (χ0n) is 10.2. The molecule has 2 aromatic rings. The summed E-state index contributed by atoms with van der Waals surface area (Å²) in [5.41, 5.74) is 1.07. The van der Waals surface area contributed by atoms with Crippen LogP contribution in [-0.4, -0.2) is 17.3 Å². The second-order valence-corrected chi connectivity index (χ2v) is 5.07. The van der Waals surface area contributed by atoms with Crippen molar-refractivity contribution in [3.8, 4) is 5.75 Å². The Kier molecular flexibility index (Phi) is 4.35. The van der Waals surface area contributed by atoms with E-state index < -0.39 is 0 Å². The number of carbonyl (C=O) groups excluding carboxylic acids is 1. The summed E-state index contributed by atoms with van der Waals surface area (Å²) < 4.78 is 0. The Morgan fingerprint density at radius 1 is 1.26 bits per heavy atom. The number of hydrogen-bond donors (Lipinski definition) is 2. The molecule has 0 saturated heterocycles. The summed E-state index contributed by atoms with van der Waals surface area (Å²) in [6.07, 6.45) is 1.92. The molecule has 5 heteroatoms. The van der Waals surface area contributed by atoms with Crippen molar-refractivity contribution in [2.75, 3.05) is 11.6 Å². The van der Waals surface area contributed by atoms with E-state index in [1.54, 1.807) is 12.1 Å². The standard InChI is InChI=1S/C14H12ClNO2S/c1-19-13-5-3-2-4-10(13)14(18)16-12-7-6-9(17)8-11(12)15/h2-8,17H,1H3,(H,16,18). The van der Waals surface area contributed by atoms with Gasteiger partial charge >= 0.3 is 0 Å². The van der Waals surface area contributed by atoms with E-state index in [1.807, 2.05) is 24.5 Å². The predicted molar refractivity (Wildman–Crippen MR) is 79.3 cm³/mol. The van der Waals surface area contributed by atoms with Crippen molar-refractivity contribution in [1.29, 1.82) is 0 Å². The molecule has 0 spiro atoms. The van der Waals surface area contributed by atoms with E-state index in [9.17, 15) is 9.90 Å². The normalized spacial score (nSPS) is 10.2. The first-order valence-electron chi connectivity index (χ1n) is 5.54. The second-order valence-electron chi connectivity index (χ2n) is 3.82. The number of phenolic OH excluding ortho intramolecular Hbond substituents is 1. The molecule has 0 aliphatic rings. The number of phenols is 1. The van der Waals surface area contributed by atoms with Crippen molar-refractivity contribution in [2.45, 2.75) is 4.90 Å². The van der Waals surface area contributed by atoms with E-state index in [0.29, 0.717) is 16.3 Å². The van der Waals surface area contributed by atoms with Crippen molar-refractivity contribution >= 4 is 35.0 Å². The third-order valence-electron chi connectivity index (χ3n) is 2.55. The van der Waals surface area contributed by atoms with E-state index in [-0.39, 0.29) is 11.7 Å². The number of rotatable bonds is 3. The maximum atomic E-state index is 12.2. The third kappa shape index (κ3) is 3.22. The Morgan fingerprint density at radius 2 is 2.00 bits per heavy atom. The van der Waals surface area contributed by atoms with Crippen LogP contribution in [0.5, 0.6) is 5.75 Å². The lowest BCUT2D eigenvalue weighted by Gasteiger charge is -2.10. The van der Waals surface area contributed by atoms with Crippen LogP contribution in [-0.2, 0) is 0 Å². The average Bonchev–Trinajstić information content (AvgIpc) is 2.41. The zero-order valence-corrected chi connectivity index (χ0v) is 11.8. The molecule has 2 aromatic carbocycles. The number of aromatic hydroxyl groups is 1. The van der Waals surface area contributed by atoms with Gasteiger partial charge in [-0.15, -0.1) is 11.8 Å². The SMILES string of the molecule is CSc1ccccc1C(=O)Nc1ccc(O)cc1Cl. The van der Waals surface area contributed by atoms with Crippen LogP contribution >= 0.6 is 23.4 Å². The van der Waals surface area contributed by atoms with Crippen molar-refractivity contribution in [3.05, 3.63) is 53.1 Å². The summed E-state index contributed by atoms with van der Waals surface area (Å²) in [6.45, 7) is 0. The molecule has 0 aromatic heterocycles. The van der Waals surface area contributed by atoms with Gasteiger partial charge in [-0.2, -0.15) is 0 Å². The van der Waals surface area contributed by atoms with Gasteiger partial charge in [0.2, 0.25) is 0 Å². The van der Waals surface area contributed by atoms with Gasteiger partial charge in [0.15, 0.2) is 0 Å². The fourth-order valence-corrected chi connectivity index (χ4v) is 2.44. The minimum atomic E-state index is -0.225. The van der Waals surface area contributed by atoms with E-state index >= 15 is 0 Å². The van der Waals surface area contributed by atoms with Crippen LogP contribution in [0.4, 0.5) is 5.69 Å². The molecule has 98 valence electrons. The first-order valence-corrected chi connectivity index (χ1v) is 7.15. The van der Waals surface area contributed by atoms with Crippen molar-refractivity contribution in [1.82, 2.24) is 0 Å². The number of nitrogens with one attached hydrogen (secondary N) is 1. The molecule has 0 aliphatic heterocycles. The minimum absolute atomic E-state index is 0.0625. The molecular formula is C14H12ClNO2S. The monoisotopic (exact) mass is 293 g/mol. The molecule has 2 N–H and O–H groups in total. The van der Waals surface area contributed by atoms with Crippen molar-refractivity contribution < 1.29 is 9.90 Å². The highest BCUT2D eigenvalue weighted by Gasteiger charge is 2.12. The molecule has 0 aliphatic carbocycles. The summed E-state index contributed by atoms with van der Waals surface area (Å²) in [7, 11) is 0. The predicted octanol–water partition coefficient (Wildman–Crippen LogP) is 4.02. The van der Waals surface area contributed by atoms with Crippen LogP contribution < -0.4 is 5.32 Å². The molecule has 19 heavy (non-hydrogen) atoms. The van der Waals surface area contributed by atoms with E-state index in [1.165, 1.54) is 23.9 Å². The summed E-state index contributed by atoms with van der Waals surface area (Å²) in [4.78, 5) is 13.1. The van der Waals surface area contributed by atoms with Gasteiger partial charge in [0.1, 0.15) is 5.75 Å². The number of halogens is 1. The number of benzene rings is 2. The Hall–Kier alpha value is -1.65. The van der Waals surface area contributed by atoms with Gasteiger partial charge in [0.25, 0.3) is 5.91 Å². The molecule has 1 amide bonds. The Bertz CT molecular complexity index is 616. The van der Waals surface area contributed by atoms with Gasteiger partial charge < -0.3 is 10.4 Å². The summed E-state index contributed by atoms with van der Waals surface area (Å²) in [5.74, 6) is -0.162. The lowest BCUT2D eigenvalue weighted by molar-refractivity contribution is 0.102. The summed E-state index contributed by atoms with van der Waals surface area (Å²) in [5, 5.41) is 12.3. The van der Waals surface area contributed by atoms with Gasteiger partial charge in [-0.25, -0.2) is 0 Å². The summed E-state index contributed by atoms with van der Waals surface area (Å²) in [6, 6.07) is 11.8. The maximum absolute atomic E-state index is 12.2. The molecule has 0 heterocycles. The number of hydrogen-bond acceptors (Lipinski definition) is 3. The Balaban J connectivity index is 2.26. The minimum Gasteiger partial charge on any atom is -0.508 e. The van der Waals surface area contributed by atoms with Crippen molar-refractivity contribution in [2.24, 2.45) is 0 Å². The quantitative estimate of drug-likeness (QED) is 0.664. The largest absolute Gasteiger partial charge is 0.508 e. The van der Waals surface area contributed by atoms with E-state index in [4.69, 9.17) is 11.6 Å². The van der Waals surface area contributed by atoms with Gasteiger partial charge in [-0.1, -0.05) is 23.7 Å². The molecule has 0 fully saturated rings. The number of amides is 1. The highest BCUT2D eigenvalue weighted by Crippen LogP contribution is 2.27. The molecule has 0 bridgehead atoms. The van der Waals surface area contributed by atoms with Crippen LogP contribution in [0, 0.1) is 0 Å². The van der Waals surface area contributed by atoms with Crippen LogP contribution in [0.3, 0.4) is 0 Å². The molecule has 0 saturated carbocycles. The third-order valence-corrected chi connectivity index (χ3v) is 3.66.